The van der Waals surface area contributed by atoms with Crippen molar-refractivity contribution < 1.29 is 28.8 Å². The van der Waals surface area contributed by atoms with Gasteiger partial charge in [-0.15, -0.1) is 0 Å². The van der Waals surface area contributed by atoms with E-state index in [9.17, 15) is 29.3 Å². The van der Waals surface area contributed by atoms with Gasteiger partial charge in [0, 0.05) is 18.2 Å². The molecule has 10 nitrogen and oxygen atoms in total. The summed E-state index contributed by atoms with van der Waals surface area (Å²) in [6.07, 6.45) is 2.77. The second-order valence-electron chi connectivity index (χ2n) is 7.24. The maximum absolute atomic E-state index is 12.5. The fraction of sp³-hybridized carbons (Fsp3) is 0.474. The first-order valence-corrected chi connectivity index (χ1v) is 9.32. The standard InChI is InChI=1S/C19H21N3O7/c1-11-5-3-6-12(2)21(11)15(23)10-29-16(24)9-20-18(25)13-7-4-8-14(22(27)28)17(13)19(20)26/h4,7-8,11-12H,3,5-6,9-10H2,1-2H3/t11-,12-/m0/s1. The van der Waals surface area contributed by atoms with E-state index in [2.05, 4.69) is 0 Å². The highest BCUT2D eigenvalue weighted by Crippen LogP contribution is 2.30. The van der Waals surface area contributed by atoms with E-state index in [4.69, 9.17) is 4.74 Å². The molecule has 2 heterocycles. The molecule has 2 aliphatic rings. The van der Waals surface area contributed by atoms with Crippen LogP contribution in [-0.4, -0.2) is 63.6 Å². The van der Waals surface area contributed by atoms with Gasteiger partial charge in [0.15, 0.2) is 6.61 Å². The lowest BCUT2D eigenvalue weighted by atomic mass is 9.97. The van der Waals surface area contributed by atoms with Gasteiger partial charge < -0.3 is 9.64 Å². The molecule has 1 aromatic carbocycles. The van der Waals surface area contributed by atoms with Crippen molar-refractivity contribution in [2.75, 3.05) is 13.2 Å². The molecule has 0 saturated carbocycles. The summed E-state index contributed by atoms with van der Waals surface area (Å²) in [7, 11) is 0. The Bertz CT molecular complexity index is 888. The van der Waals surface area contributed by atoms with Gasteiger partial charge in [-0.25, -0.2) is 0 Å². The first-order chi connectivity index (χ1) is 13.7. The second kappa shape index (κ2) is 7.98. The van der Waals surface area contributed by atoms with Gasteiger partial charge in [0.2, 0.25) is 0 Å². The van der Waals surface area contributed by atoms with Crippen molar-refractivity contribution >= 4 is 29.4 Å². The predicted octanol–water partition coefficient (Wildman–Crippen LogP) is 1.52. The fourth-order valence-corrected chi connectivity index (χ4v) is 3.92. The van der Waals surface area contributed by atoms with Crippen LogP contribution in [-0.2, 0) is 14.3 Å². The Balaban J connectivity index is 1.63. The zero-order valence-electron chi connectivity index (χ0n) is 16.1. The number of likely N-dealkylation sites (tertiary alicyclic amines) is 1. The number of nitrogens with zero attached hydrogens (tertiary/aromatic N) is 3. The van der Waals surface area contributed by atoms with Gasteiger partial charge in [-0.1, -0.05) is 6.07 Å². The fourth-order valence-electron chi connectivity index (χ4n) is 3.92. The van der Waals surface area contributed by atoms with Crippen molar-refractivity contribution in [2.45, 2.75) is 45.2 Å². The molecule has 0 bridgehead atoms. The molecule has 0 radical (unpaired) electrons. The molecule has 2 atom stereocenters. The number of hydrogen-bond acceptors (Lipinski definition) is 7. The number of carbonyl (C=O) groups excluding carboxylic acids is 4. The molecule has 0 aromatic heterocycles. The van der Waals surface area contributed by atoms with Gasteiger partial charge in [-0.05, 0) is 39.2 Å². The first-order valence-electron chi connectivity index (χ1n) is 9.32. The van der Waals surface area contributed by atoms with Gasteiger partial charge >= 0.3 is 5.97 Å². The number of amides is 3. The van der Waals surface area contributed by atoms with Crippen LogP contribution in [0, 0.1) is 10.1 Å². The van der Waals surface area contributed by atoms with Crippen molar-refractivity contribution in [3.63, 3.8) is 0 Å². The van der Waals surface area contributed by atoms with Crippen molar-refractivity contribution in [1.82, 2.24) is 9.80 Å². The summed E-state index contributed by atoms with van der Waals surface area (Å²) in [6, 6.07) is 3.79. The van der Waals surface area contributed by atoms with Crippen LogP contribution in [0.2, 0.25) is 0 Å². The molecule has 3 rings (SSSR count). The second-order valence-corrected chi connectivity index (χ2v) is 7.24. The highest BCUT2D eigenvalue weighted by molar-refractivity contribution is 6.24. The number of piperidine rings is 1. The number of fused-ring (bicyclic) bond motifs is 1. The highest BCUT2D eigenvalue weighted by atomic mass is 16.6. The molecule has 0 N–H and O–H groups in total. The topological polar surface area (TPSA) is 127 Å². The van der Waals surface area contributed by atoms with Gasteiger partial charge in [0.1, 0.15) is 12.1 Å². The summed E-state index contributed by atoms with van der Waals surface area (Å²) in [5, 5.41) is 11.1. The van der Waals surface area contributed by atoms with Gasteiger partial charge in [-0.2, -0.15) is 0 Å². The van der Waals surface area contributed by atoms with Gasteiger partial charge in [0.05, 0.1) is 10.5 Å². The Morgan fingerprint density at radius 2 is 1.83 bits per heavy atom. The summed E-state index contributed by atoms with van der Waals surface area (Å²) in [6.45, 7) is 2.65. The molecular weight excluding hydrogens is 382 g/mol. The molecule has 2 aliphatic heterocycles. The number of carbonyl (C=O) groups is 4. The number of nitro benzene ring substituents is 1. The molecule has 154 valence electrons. The molecule has 29 heavy (non-hydrogen) atoms. The summed E-state index contributed by atoms with van der Waals surface area (Å²) < 4.78 is 4.98. The van der Waals surface area contributed by atoms with Crippen molar-refractivity contribution in [3.8, 4) is 0 Å². The van der Waals surface area contributed by atoms with E-state index in [1.165, 1.54) is 12.1 Å². The zero-order valence-corrected chi connectivity index (χ0v) is 16.1. The van der Waals surface area contributed by atoms with Crippen LogP contribution in [0.15, 0.2) is 18.2 Å². The van der Waals surface area contributed by atoms with Crippen LogP contribution in [0.5, 0.6) is 0 Å². The Hall–Kier alpha value is -3.30. The Morgan fingerprint density at radius 1 is 1.17 bits per heavy atom. The van der Waals surface area contributed by atoms with Crippen LogP contribution < -0.4 is 0 Å². The molecule has 1 fully saturated rings. The summed E-state index contributed by atoms with van der Waals surface area (Å²) >= 11 is 0. The van der Waals surface area contributed by atoms with Crippen LogP contribution >= 0.6 is 0 Å². The normalized spacial score (nSPS) is 21.2. The number of hydrogen-bond donors (Lipinski definition) is 0. The molecule has 1 aromatic rings. The molecule has 0 unspecified atom stereocenters. The molecule has 0 spiro atoms. The highest BCUT2D eigenvalue weighted by Gasteiger charge is 2.42. The van der Waals surface area contributed by atoms with Gasteiger partial charge in [0.25, 0.3) is 23.4 Å². The summed E-state index contributed by atoms with van der Waals surface area (Å²) in [5.74, 6) is -3.02. The van der Waals surface area contributed by atoms with Crippen molar-refractivity contribution in [3.05, 3.63) is 39.4 Å². The molecule has 3 amide bonds. The Kier molecular flexibility index (Phi) is 5.62. The molecule has 1 saturated heterocycles. The minimum absolute atomic E-state index is 0.0433. The van der Waals surface area contributed by atoms with E-state index in [0.717, 1.165) is 25.3 Å². The maximum atomic E-state index is 12.5. The summed E-state index contributed by atoms with van der Waals surface area (Å²) in [4.78, 5) is 62.0. The molecular formula is C19H21N3O7. The van der Waals surface area contributed by atoms with Crippen LogP contribution in [0.25, 0.3) is 0 Å². The van der Waals surface area contributed by atoms with E-state index in [-0.39, 0.29) is 29.1 Å². The number of esters is 1. The number of rotatable bonds is 5. The maximum Gasteiger partial charge on any atom is 0.326 e. The Labute approximate surface area is 166 Å². The van der Waals surface area contributed by atoms with Crippen LogP contribution in [0.1, 0.15) is 53.8 Å². The van der Waals surface area contributed by atoms with Crippen molar-refractivity contribution in [2.24, 2.45) is 0 Å². The van der Waals surface area contributed by atoms with E-state index >= 15 is 0 Å². The Morgan fingerprint density at radius 3 is 2.45 bits per heavy atom. The van der Waals surface area contributed by atoms with E-state index in [0.29, 0.717) is 4.90 Å². The third-order valence-corrected chi connectivity index (χ3v) is 5.30. The quantitative estimate of drug-likeness (QED) is 0.316. The zero-order chi connectivity index (χ0) is 21.3. The molecule has 10 heteroatoms. The third-order valence-electron chi connectivity index (χ3n) is 5.30. The minimum Gasteiger partial charge on any atom is -0.454 e. The van der Waals surface area contributed by atoms with Crippen LogP contribution in [0.3, 0.4) is 0 Å². The summed E-state index contributed by atoms with van der Waals surface area (Å²) in [5.41, 5.74) is -0.980. The average molecular weight is 403 g/mol. The lowest BCUT2D eigenvalue weighted by Crippen LogP contribution is -2.49. The monoisotopic (exact) mass is 403 g/mol. The predicted molar refractivity (Wildman–Crippen MR) is 99.0 cm³/mol. The largest absolute Gasteiger partial charge is 0.454 e. The SMILES string of the molecule is C[C@H]1CCC[C@H](C)N1C(=O)COC(=O)CN1C(=O)c2cccc([N+](=O)[O-])c2C1=O. The van der Waals surface area contributed by atoms with E-state index in [1.54, 1.807) is 4.90 Å². The number of ether oxygens (including phenoxy) is 1. The van der Waals surface area contributed by atoms with E-state index < -0.39 is 41.5 Å². The smallest absolute Gasteiger partial charge is 0.326 e. The first kappa shape index (κ1) is 20.4. The van der Waals surface area contributed by atoms with Crippen molar-refractivity contribution in [1.29, 1.82) is 0 Å². The minimum atomic E-state index is -0.937. The lowest BCUT2D eigenvalue weighted by Gasteiger charge is -2.38. The van der Waals surface area contributed by atoms with E-state index in [1.807, 2.05) is 13.8 Å². The third kappa shape index (κ3) is 3.82. The van der Waals surface area contributed by atoms with Crippen LogP contribution in [0.4, 0.5) is 5.69 Å². The van der Waals surface area contributed by atoms with Gasteiger partial charge in [-0.3, -0.25) is 34.2 Å². The number of imide groups is 1. The lowest BCUT2D eigenvalue weighted by molar-refractivity contribution is -0.385. The number of benzene rings is 1. The molecule has 0 aliphatic carbocycles. The number of nitro groups is 1. The average Bonchev–Trinajstić information content (AvgIpc) is 2.91.